The van der Waals surface area contributed by atoms with Crippen molar-refractivity contribution in [3.63, 3.8) is 0 Å². The number of nitrogen functional groups attached to an aromatic ring is 1. The zero-order valence-electron chi connectivity index (χ0n) is 9.93. The van der Waals surface area contributed by atoms with Gasteiger partial charge < -0.3 is 10.3 Å². The summed E-state index contributed by atoms with van der Waals surface area (Å²) < 4.78 is 25.0. The van der Waals surface area contributed by atoms with Gasteiger partial charge in [0.2, 0.25) is 5.95 Å². The first-order valence-electron chi connectivity index (χ1n) is 5.46. The number of rotatable bonds is 4. The Morgan fingerprint density at radius 3 is 2.83 bits per heavy atom. The highest BCUT2D eigenvalue weighted by Crippen LogP contribution is 2.22. The molecule has 2 N–H and O–H groups in total. The SMILES string of the molecule is CS(=O)(=O)CCCn1c(N)nc2ccc(Br)cc21. The molecule has 0 bridgehead atoms. The maximum absolute atomic E-state index is 11.1. The van der Waals surface area contributed by atoms with Gasteiger partial charge in [-0.3, -0.25) is 0 Å². The summed E-state index contributed by atoms with van der Waals surface area (Å²) in [4.78, 5) is 4.24. The Bertz CT molecular complexity index is 679. The smallest absolute Gasteiger partial charge is 0.201 e. The molecule has 98 valence electrons. The third kappa shape index (κ3) is 3.02. The summed E-state index contributed by atoms with van der Waals surface area (Å²) in [6, 6.07) is 5.71. The maximum atomic E-state index is 11.1. The minimum Gasteiger partial charge on any atom is -0.369 e. The average molecular weight is 332 g/mol. The maximum Gasteiger partial charge on any atom is 0.201 e. The highest BCUT2D eigenvalue weighted by Gasteiger charge is 2.09. The summed E-state index contributed by atoms with van der Waals surface area (Å²) >= 11 is 3.40. The van der Waals surface area contributed by atoms with E-state index in [-0.39, 0.29) is 5.75 Å². The van der Waals surface area contributed by atoms with Crippen molar-refractivity contribution in [2.75, 3.05) is 17.7 Å². The van der Waals surface area contributed by atoms with Gasteiger partial charge in [-0.15, -0.1) is 0 Å². The number of nitrogens with zero attached hydrogens (tertiary/aromatic N) is 2. The van der Waals surface area contributed by atoms with E-state index >= 15 is 0 Å². The van der Waals surface area contributed by atoms with Crippen LogP contribution in [0, 0.1) is 0 Å². The van der Waals surface area contributed by atoms with Crippen molar-refractivity contribution >= 4 is 42.7 Å². The van der Waals surface area contributed by atoms with E-state index in [2.05, 4.69) is 20.9 Å². The molecule has 0 amide bonds. The van der Waals surface area contributed by atoms with Crippen molar-refractivity contribution in [1.82, 2.24) is 9.55 Å². The Morgan fingerprint density at radius 2 is 2.17 bits per heavy atom. The van der Waals surface area contributed by atoms with Gasteiger partial charge >= 0.3 is 0 Å². The molecule has 0 aliphatic rings. The third-order valence-electron chi connectivity index (χ3n) is 2.64. The van der Waals surface area contributed by atoms with Crippen LogP contribution in [0.3, 0.4) is 0 Å². The number of imidazole rings is 1. The van der Waals surface area contributed by atoms with Crippen molar-refractivity contribution in [3.05, 3.63) is 22.7 Å². The van der Waals surface area contributed by atoms with Gasteiger partial charge in [0.1, 0.15) is 9.84 Å². The fraction of sp³-hybridized carbons (Fsp3) is 0.364. The fourth-order valence-electron chi connectivity index (χ4n) is 1.83. The van der Waals surface area contributed by atoms with E-state index < -0.39 is 9.84 Å². The van der Waals surface area contributed by atoms with Crippen LogP contribution in [0.4, 0.5) is 5.95 Å². The number of hydrogen-bond acceptors (Lipinski definition) is 4. The lowest BCUT2D eigenvalue weighted by atomic mass is 10.3. The van der Waals surface area contributed by atoms with Crippen LogP contribution in [0.15, 0.2) is 22.7 Å². The number of nitrogens with two attached hydrogens (primary N) is 1. The van der Waals surface area contributed by atoms with E-state index in [1.54, 1.807) is 0 Å². The van der Waals surface area contributed by atoms with Crippen molar-refractivity contribution < 1.29 is 8.42 Å². The van der Waals surface area contributed by atoms with Crippen LogP contribution in [0.5, 0.6) is 0 Å². The minimum absolute atomic E-state index is 0.153. The normalized spacial score (nSPS) is 12.1. The zero-order valence-corrected chi connectivity index (χ0v) is 12.3. The number of hydrogen-bond donors (Lipinski definition) is 1. The van der Waals surface area contributed by atoms with Gasteiger partial charge in [0.05, 0.1) is 16.8 Å². The number of aryl methyl sites for hydroxylation is 1. The molecule has 1 heterocycles. The second-order valence-corrected chi connectivity index (χ2v) is 7.41. The summed E-state index contributed by atoms with van der Waals surface area (Å²) in [5, 5.41) is 0. The quantitative estimate of drug-likeness (QED) is 0.926. The van der Waals surface area contributed by atoms with Crippen molar-refractivity contribution in [2.24, 2.45) is 0 Å². The van der Waals surface area contributed by atoms with Crippen LogP contribution in [0.25, 0.3) is 11.0 Å². The molecule has 0 radical (unpaired) electrons. The molecule has 0 aliphatic carbocycles. The van der Waals surface area contributed by atoms with E-state index in [0.717, 1.165) is 15.5 Å². The van der Waals surface area contributed by atoms with Gasteiger partial charge in [0.15, 0.2) is 0 Å². The van der Waals surface area contributed by atoms with Gasteiger partial charge in [-0.1, -0.05) is 15.9 Å². The second-order valence-electron chi connectivity index (χ2n) is 4.24. The summed E-state index contributed by atoms with van der Waals surface area (Å²) in [5.74, 6) is 0.566. The molecular weight excluding hydrogens is 318 g/mol. The van der Waals surface area contributed by atoms with E-state index in [1.165, 1.54) is 6.26 Å². The van der Waals surface area contributed by atoms with Crippen molar-refractivity contribution in [2.45, 2.75) is 13.0 Å². The fourth-order valence-corrected chi connectivity index (χ4v) is 2.84. The molecule has 5 nitrogen and oxygen atoms in total. The molecular formula is C11H14BrN3O2S. The highest BCUT2D eigenvalue weighted by atomic mass is 79.9. The summed E-state index contributed by atoms with van der Waals surface area (Å²) in [6.45, 7) is 0.547. The predicted octanol–water partition coefficient (Wildman–Crippen LogP) is 1.82. The first-order valence-corrected chi connectivity index (χ1v) is 8.31. The van der Waals surface area contributed by atoms with Gasteiger partial charge in [-0.25, -0.2) is 13.4 Å². The van der Waals surface area contributed by atoms with Gasteiger partial charge in [0.25, 0.3) is 0 Å². The molecule has 0 saturated heterocycles. The molecule has 18 heavy (non-hydrogen) atoms. The number of fused-ring (bicyclic) bond motifs is 1. The molecule has 0 saturated carbocycles. The van der Waals surface area contributed by atoms with Crippen molar-refractivity contribution in [3.8, 4) is 0 Å². The Kier molecular flexibility index (Phi) is 3.63. The highest BCUT2D eigenvalue weighted by molar-refractivity contribution is 9.10. The molecule has 0 spiro atoms. The lowest BCUT2D eigenvalue weighted by Crippen LogP contribution is -2.09. The van der Waals surface area contributed by atoms with Gasteiger partial charge in [-0.2, -0.15) is 0 Å². The first-order chi connectivity index (χ1) is 8.37. The largest absolute Gasteiger partial charge is 0.369 e. The monoisotopic (exact) mass is 331 g/mol. The van der Waals surface area contributed by atoms with E-state index in [1.807, 2.05) is 22.8 Å². The molecule has 0 aliphatic heterocycles. The van der Waals surface area contributed by atoms with E-state index in [4.69, 9.17) is 5.73 Å². The first kappa shape index (κ1) is 13.4. The van der Waals surface area contributed by atoms with Crippen LogP contribution in [-0.2, 0) is 16.4 Å². The Labute approximate surface area is 114 Å². The number of anilines is 1. The minimum atomic E-state index is -2.94. The average Bonchev–Trinajstić information content (AvgIpc) is 2.54. The topological polar surface area (TPSA) is 78.0 Å². The lowest BCUT2D eigenvalue weighted by molar-refractivity contribution is 0.594. The third-order valence-corrected chi connectivity index (χ3v) is 4.16. The standard InChI is InChI=1S/C11H14BrN3O2S/c1-18(16,17)6-2-5-15-10-7-8(12)3-4-9(10)14-11(15)13/h3-4,7H,2,5-6H2,1H3,(H2,13,14). The van der Waals surface area contributed by atoms with Crippen LogP contribution in [0.2, 0.25) is 0 Å². The van der Waals surface area contributed by atoms with Crippen LogP contribution in [0.1, 0.15) is 6.42 Å². The number of benzene rings is 1. The molecule has 2 rings (SSSR count). The number of aromatic nitrogens is 2. The summed E-state index contributed by atoms with van der Waals surface area (Å²) in [5.41, 5.74) is 7.57. The molecule has 1 aromatic heterocycles. The predicted molar refractivity (Wildman–Crippen MR) is 76.2 cm³/mol. The summed E-state index contributed by atoms with van der Waals surface area (Å²) in [7, 11) is -2.94. The van der Waals surface area contributed by atoms with E-state index in [9.17, 15) is 8.42 Å². The molecule has 2 aromatic rings. The van der Waals surface area contributed by atoms with Crippen LogP contribution in [-0.4, -0.2) is 30.0 Å². The molecule has 7 heteroatoms. The molecule has 0 unspecified atom stereocenters. The number of sulfone groups is 1. The zero-order chi connectivity index (χ0) is 13.3. The van der Waals surface area contributed by atoms with Gasteiger partial charge in [-0.05, 0) is 24.6 Å². The Balaban J connectivity index is 2.27. The van der Waals surface area contributed by atoms with Crippen molar-refractivity contribution in [1.29, 1.82) is 0 Å². The van der Waals surface area contributed by atoms with Crippen LogP contribution < -0.4 is 5.73 Å². The second kappa shape index (κ2) is 4.89. The molecule has 1 aromatic carbocycles. The van der Waals surface area contributed by atoms with Gasteiger partial charge in [0, 0.05) is 17.3 Å². The Hall–Kier alpha value is -1.08. The van der Waals surface area contributed by atoms with Crippen LogP contribution >= 0.6 is 15.9 Å². The number of halogens is 1. The lowest BCUT2D eigenvalue weighted by Gasteiger charge is -2.05. The summed E-state index contributed by atoms with van der Waals surface area (Å²) in [6.07, 6.45) is 1.76. The molecule has 0 atom stereocenters. The van der Waals surface area contributed by atoms with E-state index in [0.29, 0.717) is 18.9 Å². The Morgan fingerprint density at radius 1 is 1.44 bits per heavy atom. The molecule has 0 fully saturated rings.